The van der Waals surface area contributed by atoms with E-state index in [-0.39, 0.29) is 4.82 Å². The molecule has 0 bridgehead atoms. The summed E-state index contributed by atoms with van der Waals surface area (Å²) in [6.07, 6.45) is 2.04. The molecule has 2 aromatic rings. The van der Waals surface area contributed by atoms with Crippen LogP contribution in [-0.4, -0.2) is 9.38 Å². The molecule has 1 aromatic heterocycles. The SMILES string of the molecule is Cn1cc(CNC(=O)Br)c2ccccc21. The minimum atomic E-state index is -0.185. The second-order valence-corrected chi connectivity index (χ2v) is 4.13. The van der Waals surface area contributed by atoms with Gasteiger partial charge in [-0.3, -0.25) is 4.79 Å². The van der Waals surface area contributed by atoms with Crippen molar-refractivity contribution in [3.05, 3.63) is 36.0 Å². The van der Waals surface area contributed by atoms with Crippen molar-refractivity contribution in [3.8, 4) is 0 Å². The smallest absolute Gasteiger partial charge is 0.287 e. The van der Waals surface area contributed by atoms with Gasteiger partial charge in [0.25, 0.3) is 4.82 Å². The standard InChI is InChI=1S/C11H11BrN2O/c1-14-7-8(6-13-11(12)15)9-4-2-3-5-10(9)14/h2-5,7H,6H2,1H3,(H,13,15). The quantitative estimate of drug-likeness (QED) is 0.658. The van der Waals surface area contributed by atoms with E-state index in [1.54, 1.807) is 0 Å². The van der Waals surface area contributed by atoms with Crippen LogP contribution in [0.25, 0.3) is 10.9 Å². The van der Waals surface area contributed by atoms with Gasteiger partial charge in [-0.15, -0.1) is 0 Å². The maximum atomic E-state index is 10.8. The first kappa shape index (κ1) is 10.2. The molecular formula is C11H11BrN2O. The number of benzene rings is 1. The number of para-hydroxylation sites is 1. The first-order valence-electron chi connectivity index (χ1n) is 4.65. The van der Waals surface area contributed by atoms with Crippen LogP contribution in [0.15, 0.2) is 30.5 Å². The summed E-state index contributed by atoms with van der Waals surface area (Å²) < 4.78 is 2.06. The molecule has 2 rings (SSSR count). The lowest BCUT2D eigenvalue weighted by molar-refractivity contribution is 0.261. The number of hydrogen-bond donors (Lipinski definition) is 1. The highest BCUT2D eigenvalue weighted by Crippen LogP contribution is 2.19. The maximum Gasteiger partial charge on any atom is 0.287 e. The van der Waals surface area contributed by atoms with Crippen LogP contribution < -0.4 is 5.32 Å². The van der Waals surface area contributed by atoms with Crippen molar-refractivity contribution in [2.24, 2.45) is 7.05 Å². The Bertz CT molecular complexity index is 504. The second kappa shape index (κ2) is 4.06. The Morgan fingerprint density at radius 2 is 2.20 bits per heavy atom. The van der Waals surface area contributed by atoms with Crippen LogP contribution in [-0.2, 0) is 13.6 Å². The van der Waals surface area contributed by atoms with E-state index in [0.717, 1.165) is 5.56 Å². The number of fused-ring (bicyclic) bond motifs is 1. The van der Waals surface area contributed by atoms with Crippen molar-refractivity contribution in [2.45, 2.75) is 6.54 Å². The van der Waals surface area contributed by atoms with Gasteiger partial charge < -0.3 is 9.88 Å². The molecule has 0 saturated heterocycles. The molecule has 1 heterocycles. The summed E-state index contributed by atoms with van der Waals surface area (Å²) in [6, 6.07) is 8.14. The molecule has 0 saturated carbocycles. The summed E-state index contributed by atoms with van der Waals surface area (Å²) in [4.78, 5) is 10.6. The fourth-order valence-corrected chi connectivity index (χ4v) is 1.87. The number of hydrogen-bond acceptors (Lipinski definition) is 1. The molecule has 0 aliphatic heterocycles. The van der Waals surface area contributed by atoms with Crippen molar-refractivity contribution >= 4 is 31.6 Å². The van der Waals surface area contributed by atoms with Crippen LogP contribution in [0.2, 0.25) is 0 Å². The number of halogens is 1. The monoisotopic (exact) mass is 266 g/mol. The Balaban J connectivity index is 2.39. The fourth-order valence-electron chi connectivity index (χ4n) is 1.73. The zero-order chi connectivity index (χ0) is 10.8. The number of rotatable bonds is 2. The summed E-state index contributed by atoms with van der Waals surface area (Å²) in [7, 11) is 2.00. The summed E-state index contributed by atoms with van der Waals surface area (Å²) in [5, 5.41) is 3.91. The Labute approximate surface area is 96.2 Å². The second-order valence-electron chi connectivity index (χ2n) is 3.41. The lowest BCUT2D eigenvalue weighted by Gasteiger charge is -1.98. The molecule has 1 aromatic carbocycles. The van der Waals surface area contributed by atoms with E-state index >= 15 is 0 Å². The van der Waals surface area contributed by atoms with Gasteiger partial charge in [0.1, 0.15) is 0 Å². The lowest BCUT2D eigenvalue weighted by atomic mass is 10.2. The van der Waals surface area contributed by atoms with Gasteiger partial charge in [-0.25, -0.2) is 0 Å². The summed E-state index contributed by atoms with van der Waals surface area (Å²) >= 11 is 2.85. The summed E-state index contributed by atoms with van der Waals surface area (Å²) in [5.74, 6) is 0. The van der Waals surface area contributed by atoms with Gasteiger partial charge in [-0.05, 0) is 11.6 Å². The van der Waals surface area contributed by atoms with Crippen LogP contribution >= 0.6 is 15.9 Å². The summed E-state index contributed by atoms with van der Waals surface area (Å²) in [6.45, 7) is 0.547. The molecule has 0 atom stereocenters. The predicted octanol–water partition coefficient (Wildman–Crippen LogP) is 2.78. The lowest BCUT2D eigenvalue weighted by Crippen LogP contribution is -2.14. The first-order valence-corrected chi connectivity index (χ1v) is 5.44. The highest BCUT2D eigenvalue weighted by atomic mass is 79.9. The van der Waals surface area contributed by atoms with Crippen molar-refractivity contribution in [2.75, 3.05) is 0 Å². The van der Waals surface area contributed by atoms with Gasteiger partial charge in [0.05, 0.1) is 0 Å². The Morgan fingerprint density at radius 3 is 2.93 bits per heavy atom. The molecule has 4 heteroatoms. The number of aryl methyl sites for hydroxylation is 1. The molecule has 0 spiro atoms. The number of carbonyl (C=O) groups is 1. The molecule has 1 amide bonds. The molecular weight excluding hydrogens is 256 g/mol. The third kappa shape index (κ3) is 2.04. The van der Waals surface area contributed by atoms with E-state index in [0.29, 0.717) is 6.54 Å². The van der Waals surface area contributed by atoms with Crippen LogP contribution in [0, 0.1) is 0 Å². The van der Waals surface area contributed by atoms with Crippen LogP contribution in [0.5, 0.6) is 0 Å². The molecule has 0 fully saturated rings. The van der Waals surface area contributed by atoms with Gasteiger partial charge in [0.2, 0.25) is 0 Å². The Kier molecular flexibility index (Phi) is 2.77. The number of carbonyl (C=O) groups excluding carboxylic acids is 1. The van der Waals surface area contributed by atoms with Crippen molar-refractivity contribution in [1.29, 1.82) is 0 Å². The average Bonchev–Trinajstić information content (AvgIpc) is 2.54. The zero-order valence-electron chi connectivity index (χ0n) is 8.33. The molecule has 0 radical (unpaired) electrons. The molecule has 0 unspecified atom stereocenters. The van der Waals surface area contributed by atoms with E-state index in [1.165, 1.54) is 10.9 Å². The van der Waals surface area contributed by atoms with Gasteiger partial charge in [0, 0.05) is 46.6 Å². The van der Waals surface area contributed by atoms with Crippen LogP contribution in [0.4, 0.5) is 4.79 Å². The molecule has 0 aliphatic rings. The summed E-state index contributed by atoms with van der Waals surface area (Å²) in [5.41, 5.74) is 2.30. The molecule has 15 heavy (non-hydrogen) atoms. The highest BCUT2D eigenvalue weighted by molar-refractivity contribution is 9.18. The fraction of sp³-hybridized carbons (Fsp3) is 0.182. The highest BCUT2D eigenvalue weighted by Gasteiger charge is 2.05. The van der Waals surface area contributed by atoms with Crippen molar-refractivity contribution in [1.82, 2.24) is 9.88 Å². The van der Waals surface area contributed by atoms with Gasteiger partial charge in [-0.2, -0.15) is 0 Å². The number of aromatic nitrogens is 1. The van der Waals surface area contributed by atoms with Gasteiger partial charge in [0.15, 0.2) is 0 Å². The third-order valence-electron chi connectivity index (χ3n) is 2.40. The van der Waals surface area contributed by atoms with Crippen molar-refractivity contribution in [3.63, 3.8) is 0 Å². The molecule has 0 aliphatic carbocycles. The maximum absolute atomic E-state index is 10.8. The van der Waals surface area contributed by atoms with Crippen molar-refractivity contribution < 1.29 is 4.79 Å². The van der Waals surface area contributed by atoms with E-state index in [9.17, 15) is 4.79 Å². The normalized spacial score (nSPS) is 10.5. The average molecular weight is 267 g/mol. The van der Waals surface area contributed by atoms with Gasteiger partial charge >= 0.3 is 0 Å². The molecule has 3 nitrogen and oxygen atoms in total. The van der Waals surface area contributed by atoms with Crippen LogP contribution in [0.3, 0.4) is 0 Å². The Morgan fingerprint density at radius 1 is 1.47 bits per heavy atom. The van der Waals surface area contributed by atoms with E-state index in [4.69, 9.17) is 0 Å². The zero-order valence-corrected chi connectivity index (χ0v) is 9.91. The molecule has 1 N–H and O–H groups in total. The van der Waals surface area contributed by atoms with E-state index in [1.807, 2.05) is 25.4 Å². The first-order chi connectivity index (χ1) is 7.18. The largest absolute Gasteiger partial charge is 0.350 e. The minimum Gasteiger partial charge on any atom is -0.350 e. The molecule has 78 valence electrons. The van der Waals surface area contributed by atoms with Gasteiger partial charge in [-0.1, -0.05) is 18.2 Å². The predicted molar refractivity (Wildman–Crippen MR) is 64.1 cm³/mol. The topological polar surface area (TPSA) is 34.0 Å². The van der Waals surface area contributed by atoms with E-state index < -0.39 is 0 Å². The Hall–Kier alpha value is -1.29. The number of nitrogens with zero attached hydrogens (tertiary/aromatic N) is 1. The van der Waals surface area contributed by atoms with E-state index in [2.05, 4.69) is 37.9 Å². The third-order valence-corrected chi connectivity index (χ3v) is 2.68. The number of amides is 1. The number of nitrogens with one attached hydrogen (secondary N) is 1. The van der Waals surface area contributed by atoms with Crippen LogP contribution in [0.1, 0.15) is 5.56 Å². The minimum absolute atomic E-state index is 0.185.